The van der Waals surface area contributed by atoms with E-state index in [1.807, 2.05) is 0 Å². The number of hydrogen-bond donors (Lipinski definition) is 0. The third-order valence-corrected chi connectivity index (χ3v) is 3.88. The van der Waals surface area contributed by atoms with Crippen LogP contribution >= 0.6 is 0 Å². The van der Waals surface area contributed by atoms with E-state index in [-0.39, 0.29) is 21.7 Å². The van der Waals surface area contributed by atoms with Crippen molar-refractivity contribution in [3.8, 4) is 11.1 Å². The van der Waals surface area contributed by atoms with Crippen LogP contribution in [0, 0.1) is 0 Å². The molecule has 0 radical (unpaired) electrons. The molecule has 0 saturated carbocycles. The van der Waals surface area contributed by atoms with E-state index in [0.29, 0.717) is 0 Å². The fourth-order valence-corrected chi connectivity index (χ4v) is 2.67. The predicted molar refractivity (Wildman–Crippen MR) is 82.8 cm³/mol. The van der Waals surface area contributed by atoms with Gasteiger partial charge in [-0.25, -0.2) is 0 Å². The van der Waals surface area contributed by atoms with Crippen LogP contribution in [0.4, 0.5) is 0 Å². The average Bonchev–Trinajstić information content (AvgIpc) is 2.80. The summed E-state index contributed by atoms with van der Waals surface area (Å²) in [6.45, 7) is 4.43. The first-order chi connectivity index (χ1) is 9.25. The molecule has 0 aliphatic heterocycles. The van der Waals surface area contributed by atoms with Crippen molar-refractivity contribution in [3.05, 3.63) is 77.4 Å². The van der Waals surface area contributed by atoms with Gasteiger partial charge in [-0.15, -0.1) is 0 Å². The van der Waals surface area contributed by atoms with Gasteiger partial charge in [0.2, 0.25) is 0 Å². The van der Waals surface area contributed by atoms with Gasteiger partial charge < -0.3 is 0 Å². The Morgan fingerprint density at radius 1 is 0.750 bits per heavy atom. The van der Waals surface area contributed by atoms with Crippen molar-refractivity contribution < 1.29 is 21.7 Å². The molecule has 0 amide bonds. The van der Waals surface area contributed by atoms with Crippen molar-refractivity contribution in [1.82, 2.24) is 0 Å². The SMILES string of the molecule is CC1=C(C)CC(c2ccccc2-c2ccccc2)=C1.[Ti]. The molecule has 0 bridgehead atoms. The molecule has 1 aliphatic carbocycles. The maximum absolute atomic E-state index is 2.33. The van der Waals surface area contributed by atoms with Gasteiger partial charge in [0.25, 0.3) is 0 Å². The van der Waals surface area contributed by atoms with Gasteiger partial charge in [0.1, 0.15) is 0 Å². The third kappa shape index (κ3) is 2.87. The minimum absolute atomic E-state index is 0. The quantitative estimate of drug-likeness (QED) is 0.644. The molecule has 2 aromatic rings. The van der Waals surface area contributed by atoms with Gasteiger partial charge >= 0.3 is 0 Å². The van der Waals surface area contributed by atoms with Crippen molar-refractivity contribution in [2.24, 2.45) is 0 Å². The molecule has 0 N–H and O–H groups in total. The van der Waals surface area contributed by atoms with Gasteiger partial charge in [0.05, 0.1) is 0 Å². The molecular weight excluding hydrogens is 276 g/mol. The van der Waals surface area contributed by atoms with Crippen molar-refractivity contribution >= 4 is 5.57 Å². The number of hydrogen-bond acceptors (Lipinski definition) is 0. The fraction of sp³-hybridized carbons (Fsp3) is 0.158. The molecule has 0 unspecified atom stereocenters. The maximum Gasteiger partial charge on any atom is 0 e. The van der Waals surface area contributed by atoms with Gasteiger partial charge in [-0.2, -0.15) is 0 Å². The minimum atomic E-state index is 0. The maximum atomic E-state index is 2.33. The molecule has 98 valence electrons. The Kier molecular flexibility index (Phi) is 4.80. The summed E-state index contributed by atoms with van der Waals surface area (Å²) in [6.07, 6.45) is 3.41. The molecule has 0 heterocycles. The fourth-order valence-electron chi connectivity index (χ4n) is 2.67. The molecule has 2 aromatic carbocycles. The van der Waals surface area contributed by atoms with Crippen molar-refractivity contribution in [1.29, 1.82) is 0 Å². The van der Waals surface area contributed by atoms with Gasteiger partial charge in [0, 0.05) is 21.7 Å². The summed E-state index contributed by atoms with van der Waals surface area (Å²) >= 11 is 0. The zero-order chi connectivity index (χ0) is 13.2. The summed E-state index contributed by atoms with van der Waals surface area (Å²) < 4.78 is 0. The predicted octanol–water partition coefficient (Wildman–Crippen LogP) is 5.47. The van der Waals surface area contributed by atoms with Crippen LogP contribution in [0.25, 0.3) is 16.7 Å². The van der Waals surface area contributed by atoms with E-state index in [2.05, 4.69) is 74.5 Å². The number of benzene rings is 2. The Bertz CT molecular complexity index is 663. The van der Waals surface area contributed by atoms with Crippen LogP contribution in [0.1, 0.15) is 25.8 Å². The normalized spacial score (nSPS) is 14.0. The summed E-state index contributed by atoms with van der Waals surface area (Å²) in [5.41, 5.74) is 8.33. The van der Waals surface area contributed by atoms with Crippen LogP contribution in [-0.2, 0) is 21.7 Å². The monoisotopic (exact) mass is 294 g/mol. The summed E-state index contributed by atoms with van der Waals surface area (Å²) in [7, 11) is 0. The van der Waals surface area contributed by atoms with Gasteiger partial charge in [0.15, 0.2) is 0 Å². The Balaban J connectivity index is 0.00000147. The summed E-state index contributed by atoms with van der Waals surface area (Å²) in [5.74, 6) is 0. The number of rotatable bonds is 2. The van der Waals surface area contributed by atoms with Crippen LogP contribution in [-0.4, -0.2) is 0 Å². The molecule has 0 fully saturated rings. The summed E-state index contributed by atoms with van der Waals surface area (Å²) in [6, 6.07) is 19.3. The van der Waals surface area contributed by atoms with E-state index in [9.17, 15) is 0 Å². The Morgan fingerprint density at radius 3 is 1.95 bits per heavy atom. The standard InChI is InChI=1S/C19H18.Ti/c1-14-12-17(13-15(14)2)19-11-7-6-10-18(19)16-8-4-3-5-9-16;/h3-12H,13H2,1-2H3;. The van der Waals surface area contributed by atoms with Crippen LogP contribution in [0.5, 0.6) is 0 Å². The first kappa shape index (κ1) is 15.0. The number of allylic oxidation sites excluding steroid dienone is 4. The zero-order valence-corrected chi connectivity index (χ0v) is 13.5. The molecule has 0 atom stereocenters. The molecule has 1 aliphatic rings. The Hall–Kier alpha value is -1.37. The minimum Gasteiger partial charge on any atom is -0.0660 e. The van der Waals surface area contributed by atoms with E-state index < -0.39 is 0 Å². The van der Waals surface area contributed by atoms with E-state index in [1.165, 1.54) is 33.4 Å². The van der Waals surface area contributed by atoms with Gasteiger partial charge in [-0.3, -0.25) is 0 Å². The average molecular weight is 294 g/mol. The smallest absolute Gasteiger partial charge is 0 e. The Morgan fingerprint density at radius 2 is 1.35 bits per heavy atom. The summed E-state index contributed by atoms with van der Waals surface area (Å²) in [5, 5.41) is 0. The molecule has 0 spiro atoms. The van der Waals surface area contributed by atoms with Crippen LogP contribution in [0.2, 0.25) is 0 Å². The van der Waals surface area contributed by atoms with Crippen molar-refractivity contribution in [2.75, 3.05) is 0 Å². The van der Waals surface area contributed by atoms with Crippen LogP contribution < -0.4 is 0 Å². The zero-order valence-electron chi connectivity index (χ0n) is 12.0. The second kappa shape index (κ2) is 6.39. The van der Waals surface area contributed by atoms with Crippen LogP contribution in [0.3, 0.4) is 0 Å². The van der Waals surface area contributed by atoms with E-state index in [0.717, 1.165) is 6.42 Å². The largest absolute Gasteiger partial charge is 0.0660 e. The van der Waals surface area contributed by atoms with Crippen molar-refractivity contribution in [3.63, 3.8) is 0 Å². The first-order valence-electron chi connectivity index (χ1n) is 6.77. The van der Waals surface area contributed by atoms with Crippen molar-refractivity contribution in [2.45, 2.75) is 20.3 Å². The first-order valence-corrected chi connectivity index (χ1v) is 6.77. The molecule has 0 saturated heterocycles. The second-order valence-corrected chi connectivity index (χ2v) is 5.22. The second-order valence-electron chi connectivity index (χ2n) is 5.22. The van der Waals surface area contributed by atoms with Gasteiger partial charge in [-0.05, 0) is 42.5 Å². The van der Waals surface area contributed by atoms with E-state index in [1.54, 1.807) is 0 Å². The van der Waals surface area contributed by atoms with E-state index in [4.69, 9.17) is 0 Å². The molecule has 3 rings (SSSR count). The van der Waals surface area contributed by atoms with Gasteiger partial charge in [-0.1, -0.05) is 71.8 Å². The molecule has 0 nitrogen and oxygen atoms in total. The Labute approximate surface area is 136 Å². The molecule has 0 aromatic heterocycles. The topological polar surface area (TPSA) is 0 Å². The molecule has 1 heteroatoms. The van der Waals surface area contributed by atoms with E-state index >= 15 is 0 Å². The molecule has 20 heavy (non-hydrogen) atoms. The third-order valence-electron chi connectivity index (χ3n) is 3.88. The molecular formula is C19H18Ti. The van der Waals surface area contributed by atoms with Crippen LogP contribution in [0.15, 0.2) is 71.8 Å². The summed E-state index contributed by atoms with van der Waals surface area (Å²) in [4.78, 5) is 0.